The molecule has 0 atom stereocenters. The second-order valence-electron chi connectivity index (χ2n) is 2.63. The number of aromatic nitrogens is 1. The summed E-state index contributed by atoms with van der Waals surface area (Å²) in [5, 5.41) is 0.627. The quantitative estimate of drug-likeness (QED) is 0.777. The second kappa shape index (κ2) is 4.63. The lowest BCUT2D eigenvalue weighted by atomic mass is 10.4. The number of anilines is 1. The van der Waals surface area contributed by atoms with E-state index in [1.54, 1.807) is 6.20 Å². The third kappa shape index (κ3) is 2.71. The summed E-state index contributed by atoms with van der Waals surface area (Å²) in [6, 6.07) is 1.82. The van der Waals surface area contributed by atoms with E-state index < -0.39 is 0 Å². The summed E-state index contributed by atoms with van der Waals surface area (Å²) in [5.74, 6) is 0.865. The van der Waals surface area contributed by atoms with Crippen molar-refractivity contribution in [2.45, 2.75) is 0 Å². The summed E-state index contributed by atoms with van der Waals surface area (Å²) < 4.78 is 0.893. The van der Waals surface area contributed by atoms with Crippen LogP contribution in [-0.4, -0.2) is 18.6 Å². The summed E-state index contributed by atoms with van der Waals surface area (Å²) in [4.78, 5) is 6.18. The van der Waals surface area contributed by atoms with Crippen molar-refractivity contribution >= 4 is 33.3 Å². The van der Waals surface area contributed by atoms with Crippen molar-refractivity contribution in [1.82, 2.24) is 4.98 Å². The van der Waals surface area contributed by atoms with E-state index in [9.17, 15) is 0 Å². The first-order valence-corrected chi connectivity index (χ1v) is 4.95. The monoisotopic (exact) mass is 260 g/mol. The van der Waals surface area contributed by atoms with Gasteiger partial charge in [-0.15, -0.1) is 6.58 Å². The summed E-state index contributed by atoms with van der Waals surface area (Å²) in [6.45, 7) is 4.42. The van der Waals surface area contributed by atoms with E-state index in [1.165, 1.54) is 0 Å². The van der Waals surface area contributed by atoms with Gasteiger partial charge < -0.3 is 4.90 Å². The molecule has 0 amide bonds. The normalized spacial score (nSPS) is 9.77. The molecule has 70 valence electrons. The van der Waals surface area contributed by atoms with Crippen molar-refractivity contribution in [2.75, 3.05) is 18.5 Å². The molecule has 1 heterocycles. The van der Waals surface area contributed by atoms with E-state index in [-0.39, 0.29) is 0 Å². The fourth-order valence-corrected chi connectivity index (χ4v) is 1.91. The highest BCUT2D eigenvalue weighted by atomic mass is 79.9. The molecule has 1 aromatic heterocycles. The molecule has 0 saturated carbocycles. The Morgan fingerprint density at radius 2 is 2.46 bits per heavy atom. The van der Waals surface area contributed by atoms with Gasteiger partial charge in [-0.1, -0.05) is 17.7 Å². The third-order valence-electron chi connectivity index (χ3n) is 1.55. The predicted molar refractivity (Wildman–Crippen MR) is 60.4 cm³/mol. The summed E-state index contributed by atoms with van der Waals surface area (Å²) in [7, 11) is 1.95. The minimum atomic E-state index is 0.627. The van der Waals surface area contributed by atoms with Crippen molar-refractivity contribution in [3.63, 3.8) is 0 Å². The molecule has 0 aliphatic rings. The molecular formula is C9H10BrClN2. The van der Waals surface area contributed by atoms with Crippen LogP contribution < -0.4 is 4.90 Å². The number of nitrogens with zero attached hydrogens (tertiary/aromatic N) is 2. The van der Waals surface area contributed by atoms with E-state index in [0.29, 0.717) is 5.02 Å². The lowest BCUT2D eigenvalue weighted by molar-refractivity contribution is 0.985. The van der Waals surface area contributed by atoms with Gasteiger partial charge in [0.15, 0.2) is 0 Å². The second-order valence-corrected chi connectivity index (χ2v) is 3.92. The van der Waals surface area contributed by atoms with Gasteiger partial charge in [-0.25, -0.2) is 4.98 Å². The molecule has 1 aromatic rings. The summed E-state index contributed by atoms with van der Waals surface area (Å²) in [5.41, 5.74) is 0. The molecule has 0 aromatic carbocycles. The van der Waals surface area contributed by atoms with Crippen LogP contribution in [0.15, 0.2) is 29.4 Å². The van der Waals surface area contributed by atoms with Gasteiger partial charge in [0, 0.05) is 19.8 Å². The van der Waals surface area contributed by atoms with E-state index in [2.05, 4.69) is 27.5 Å². The summed E-state index contributed by atoms with van der Waals surface area (Å²) >= 11 is 9.16. The number of likely N-dealkylation sites (N-methyl/N-ethyl adjacent to an activating group) is 1. The van der Waals surface area contributed by atoms with Crippen molar-refractivity contribution in [3.05, 3.63) is 34.4 Å². The van der Waals surface area contributed by atoms with Gasteiger partial charge in [0.25, 0.3) is 0 Å². The molecule has 0 N–H and O–H groups in total. The molecule has 0 radical (unpaired) electrons. The first-order valence-electron chi connectivity index (χ1n) is 3.78. The van der Waals surface area contributed by atoms with Gasteiger partial charge >= 0.3 is 0 Å². The minimum absolute atomic E-state index is 0.627. The van der Waals surface area contributed by atoms with Crippen molar-refractivity contribution in [2.24, 2.45) is 0 Å². The molecule has 0 unspecified atom stereocenters. The zero-order valence-electron chi connectivity index (χ0n) is 7.30. The zero-order valence-corrected chi connectivity index (χ0v) is 9.64. The smallest absolute Gasteiger partial charge is 0.142 e. The average molecular weight is 262 g/mol. The number of hydrogen-bond donors (Lipinski definition) is 0. The van der Waals surface area contributed by atoms with Gasteiger partial charge in [0.1, 0.15) is 5.82 Å². The Bertz CT molecular complexity index is 314. The van der Waals surface area contributed by atoms with Crippen molar-refractivity contribution < 1.29 is 0 Å². The van der Waals surface area contributed by atoms with Crippen LogP contribution in [0.3, 0.4) is 0 Å². The van der Waals surface area contributed by atoms with Crippen LogP contribution in [0.25, 0.3) is 0 Å². The lowest BCUT2D eigenvalue weighted by Gasteiger charge is -2.17. The van der Waals surface area contributed by atoms with Crippen LogP contribution in [0.1, 0.15) is 0 Å². The lowest BCUT2D eigenvalue weighted by Crippen LogP contribution is -2.18. The SMILES string of the molecule is C=CCN(C)c1ncc(Cl)cc1Br. The topological polar surface area (TPSA) is 16.1 Å². The Labute approximate surface area is 91.4 Å². The van der Waals surface area contributed by atoms with Gasteiger partial charge in [0.05, 0.1) is 9.50 Å². The molecule has 0 aliphatic carbocycles. The Balaban J connectivity index is 2.94. The highest BCUT2D eigenvalue weighted by molar-refractivity contribution is 9.10. The number of hydrogen-bond acceptors (Lipinski definition) is 2. The zero-order chi connectivity index (χ0) is 9.84. The largest absolute Gasteiger partial charge is 0.355 e. The molecule has 4 heteroatoms. The molecule has 0 fully saturated rings. The van der Waals surface area contributed by atoms with Gasteiger partial charge in [-0.3, -0.25) is 0 Å². The number of pyridine rings is 1. The maximum absolute atomic E-state index is 5.77. The molecule has 1 rings (SSSR count). The Morgan fingerprint density at radius 3 is 3.00 bits per heavy atom. The highest BCUT2D eigenvalue weighted by Gasteiger charge is 2.05. The molecule has 2 nitrogen and oxygen atoms in total. The maximum Gasteiger partial charge on any atom is 0.142 e. The Morgan fingerprint density at radius 1 is 1.77 bits per heavy atom. The molecular weight excluding hydrogens is 251 g/mol. The summed E-state index contributed by atoms with van der Waals surface area (Å²) in [6.07, 6.45) is 3.45. The van der Waals surface area contributed by atoms with Crippen molar-refractivity contribution in [3.8, 4) is 0 Å². The first-order chi connectivity index (χ1) is 6.15. The van der Waals surface area contributed by atoms with Crippen LogP contribution in [-0.2, 0) is 0 Å². The number of rotatable bonds is 3. The highest BCUT2D eigenvalue weighted by Crippen LogP contribution is 2.25. The first kappa shape index (κ1) is 10.5. The fraction of sp³-hybridized carbons (Fsp3) is 0.222. The minimum Gasteiger partial charge on any atom is -0.355 e. The van der Waals surface area contributed by atoms with E-state index in [4.69, 9.17) is 11.6 Å². The fourth-order valence-electron chi connectivity index (χ4n) is 0.968. The van der Waals surface area contributed by atoms with E-state index >= 15 is 0 Å². The molecule has 0 bridgehead atoms. The molecule has 0 aliphatic heterocycles. The van der Waals surface area contributed by atoms with Gasteiger partial charge in [-0.05, 0) is 22.0 Å². The number of halogens is 2. The van der Waals surface area contributed by atoms with Crippen LogP contribution in [0.2, 0.25) is 5.02 Å². The van der Waals surface area contributed by atoms with Gasteiger partial charge in [0.2, 0.25) is 0 Å². The van der Waals surface area contributed by atoms with E-state index in [1.807, 2.05) is 24.1 Å². The molecule has 13 heavy (non-hydrogen) atoms. The average Bonchev–Trinajstić information content (AvgIpc) is 2.04. The standard InChI is InChI=1S/C9H10BrClN2/c1-3-4-13(2)9-8(10)5-7(11)6-12-9/h3,5-6H,1,4H2,2H3. The van der Waals surface area contributed by atoms with Crippen LogP contribution in [0, 0.1) is 0 Å². The van der Waals surface area contributed by atoms with Gasteiger partial charge in [-0.2, -0.15) is 0 Å². The van der Waals surface area contributed by atoms with E-state index in [0.717, 1.165) is 16.8 Å². The molecule has 0 spiro atoms. The van der Waals surface area contributed by atoms with Crippen LogP contribution in [0.4, 0.5) is 5.82 Å². The maximum atomic E-state index is 5.77. The Hall–Kier alpha value is -0.540. The Kier molecular flexibility index (Phi) is 3.75. The van der Waals surface area contributed by atoms with Crippen LogP contribution in [0.5, 0.6) is 0 Å². The van der Waals surface area contributed by atoms with Crippen molar-refractivity contribution in [1.29, 1.82) is 0 Å². The molecule has 0 saturated heterocycles. The van der Waals surface area contributed by atoms with Crippen LogP contribution >= 0.6 is 27.5 Å². The third-order valence-corrected chi connectivity index (χ3v) is 2.34. The predicted octanol–water partition coefficient (Wildman–Crippen LogP) is 3.12.